The number of nitrogens with zero attached hydrogens (tertiary/aromatic N) is 3. The molecule has 8 heteroatoms. The molecule has 3 rings (SSSR count). The van der Waals surface area contributed by atoms with Gasteiger partial charge in [-0.3, -0.25) is 9.82 Å². The number of aryl methyl sites for hydroxylation is 3. The number of rotatable bonds is 3. The number of pyridine rings is 1. The lowest BCUT2D eigenvalue weighted by Gasteiger charge is -2.09. The molecule has 0 fully saturated rings. The van der Waals surface area contributed by atoms with E-state index in [0.29, 0.717) is 22.7 Å². The molecule has 3 aromatic heterocycles. The van der Waals surface area contributed by atoms with Crippen molar-refractivity contribution in [2.75, 3.05) is 4.72 Å². The van der Waals surface area contributed by atoms with Crippen molar-refractivity contribution in [3.05, 3.63) is 41.6 Å². The summed E-state index contributed by atoms with van der Waals surface area (Å²) in [6.07, 6.45) is 3.66. The smallest absolute Gasteiger partial charge is 0.265 e. The highest BCUT2D eigenvalue weighted by molar-refractivity contribution is 7.92. The van der Waals surface area contributed by atoms with E-state index in [1.807, 2.05) is 19.3 Å². The van der Waals surface area contributed by atoms with Crippen molar-refractivity contribution in [1.29, 1.82) is 0 Å². The number of anilines is 1. The van der Waals surface area contributed by atoms with Crippen LogP contribution in [-0.2, 0) is 10.0 Å². The predicted octanol–water partition coefficient (Wildman–Crippen LogP) is 1.78. The molecule has 0 amide bonds. The fraction of sp³-hybridized carbons (Fsp3) is 0.231. The summed E-state index contributed by atoms with van der Waals surface area (Å²) in [4.78, 5) is 4.51. The predicted molar refractivity (Wildman–Crippen MR) is 78.8 cm³/mol. The molecule has 0 unspecified atom stereocenters. The van der Waals surface area contributed by atoms with Crippen molar-refractivity contribution in [3.8, 4) is 0 Å². The second-order valence-electron chi connectivity index (χ2n) is 4.90. The number of hydrogen-bond donors (Lipinski definition) is 2. The number of sulfonamides is 1. The van der Waals surface area contributed by atoms with Gasteiger partial charge in [0.05, 0.1) is 22.8 Å². The summed E-state index contributed by atoms with van der Waals surface area (Å²) >= 11 is 0. The number of nitrogens with one attached hydrogen (secondary N) is 2. The molecule has 0 bridgehead atoms. The number of imidazole rings is 1. The highest BCUT2D eigenvalue weighted by Gasteiger charge is 2.23. The van der Waals surface area contributed by atoms with E-state index in [-0.39, 0.29) is 4.90 Å². The summed E-state index contributed by atoms with van der Waals surface area (Å²) in [6, 6.07) is 3.45. The lowest BCUT2D eigenvalue weighted by Crippen LogP contribution is -2.15. The Balaban J connectivity index is 2.10. The second kappa shape index (κ2) is 4.59. The molecule has 0 aliphatic heterocycles. The minimum Gasteiger partial charge on any atom is -0.305 e. The van der Waals surface area contributed by atoms with Crippen molar-refractivity contribution in [3.63, 3.8) is 0 Å². The van der Waals surface area contributed by atoms with Crippen molar-refractivity contribution in [2.24, 2.45) is 0 Å². The topological polar surface area (TPSA) is 92.1 Å². The molecular weight excluding hydrogens is 290 g/mol. The summed E-state index contributed by atoms with van der Waals surface area (Å²) in [5.41, 5.74) is 2.76. The summed E-state index contributed by atoms with van der Waals surface area (Å²) in [5.74, 6) is 0. The summed E-state index contributed by atoms with van der Waals surface area (Å²) in [7, 11) is -3.71. The van der Waals surface area contributed by atoms with Crippen LogP contribution in [0.1, 0.15) is 17.1 Å². The minimum absolute atomic E-state index is 0.174. The lowest BCUT2D eigenvalue weighted by atomic mass is 10.4. The molecule has 0 spiro atoms. The molecule has 0 aliphatic carbocycles. The second-order valence-corrected chi connectivity index (χ2v) is 6.52. The van der Waals surface area contributed by atoms with Crippen LogP contribution in [0.25, 0.3) is 5.65 Å². The van der Waals surface area contributed by atoms with Gasteiger partial charge in [-0.1, -0.05) is 0 Å². The maximum absolute atomic E-state index is 12.5. The minimum atomic E-state index is -3.71. The monoisotopic (exact) mass is 305 g/mol. The van der Waals surface area contributed by atoms with E-state index in [9.17, 15) is 8.42 Å². The van der Waals surface area contributed by atoms with E-state index in [1.165, 1.54) is 0 Å². The van der Waals surface area contributed by atoms with Gasteiger partial charge in [0.1, 0.15) is 4.90 Å². The molecule has 3 heterocycles. The first-order valence-electron chi connectivity index (χ1n) is 6.37. The van der Waals surface area contributed by atoms with Gasteiger partial charge in [-0.15, -0.1) is 0 Å². The zero-order valence-electron chi connectivity index (χ0n) is 11.9. The van der Waals surface area contributed by atoms with Crippen LogP contribution in [-0.4, -0.2) is 28.0 Å². The average Bonchev–Trinajstić information content (AvgIpc) is 2.92. The summed E-state index contributed by atoms with van der Waals surface area (Å²) in [6.45, 7) is 5.18. The SMILES string of the molecule is Cc1cn2cccc(NS(=O)(=O)c3c(C)n[nH]c3C)c2n1. The Hall–Kier alpha value is -2.35. The number of aromatic nitrogens is 4. The van der Waals surface area contributed by atoms with Crippen LogP contribution in [0.4, 0.5) is 5.69 Å². The molecule has 0 radical (unpaired) electrons. The molecule has 0 atom stereocenters. The first-order chi connectivity index (χ1) is 9.88. The van der Waals surface area contributed by atoms with E-state index < -0.39 is 10.0 Å². The number of H-pyrrole nitrogens is 1. The summed E-state index contributed by atoms with van der Waals surface area (Å²) in [5, 5.41) is 6.61. The van der Waals surface area contributed by atoms with Crippen LogP contribution in [0.5, 0.6) is 0 Å². The third-order valence-electron chi connectivity index (χ3n) is 3.18. The van der Waals surface area contributed by atoms with E-state index in [4.69, 9.17) is 0 Å². The zero-order valence-corrected chi connectivity index (χ0v) is 12.7. The molecule has 2 N–H and O–H groups in total. The van der Waals surface area contributed by atoms with Gasteiger partial charge in [0, 0.05) is 12.4 Å². The molecule has 21 heavy (non-hydrogen) atoms. The number of fused-ring (bicyclic) bond motifs is 1. The van der Waals surface area contributed by atoms with Crippen LogP contribution >= 0.6 is 0 Å². The molecule has 0 saturated carbocycles. The van der Waals surface area contributed by atoms with Gasteiger partial charge < -0.3 is 4.40 Å². The van der Waals surface area contributed by atoms with Crippen LogP contribution in [0.3, 0.4) is 0 Å². The number of aromatic amines is 1. The maximum atomic E-state index is 12.5. The van der Waals surface area contributed by atoms with E-state index >= 15 is 0 Å². The fourth-order valence-electron chi connectivity index (χ4n) is 2.35. The van der Waals surface area contributed by atoms with Crippen molar-refractivity contribution in [2.45, 2.75) is 25.7 Å². The largest absolute Gasteiger partial charge is 0.305 e. The molecule has 7 nitrogen and oxygen atoms in total. The Bertz CT molecular complexity index is 904. The molecular formula is C13H15N5O2S. The van der Waals surface area contributed by atoms with Crippen LogP contribution < -0.4 is 4.72 Å². The van der Waals surface area contributed by atoms with Gasteiger partial charge >= 0.3 is 0 Å². The third kappa shape index (κ3) is 2.27. The zero-order chi connectivity index (χ0) is 15.2. The van der Waals surface area contributed by atoms with E-state index in [0.717, 1.165) is 5.69 Å². The first kappa shape index (κ1) is 13.6. The van der Waals surface area contributed by atoms with Gasteiger partial charge in [0.15, 0.2) is 5.65 Å². The van der Waals surface area contributed by atoms with Crippen LogP contribution in [0.15, 0.2) is 29.4 Å². The average molecular weight is 305 g/mol. The quantitative estimate of drug-likeness (QED) is 0.771. The lowest BCUT2D eigenvalue weighted by molar-refractivity contribution is 0.600. The van der Waals surface area contributed by atoms with Gasteiger partial charge in [0.25, 0.3) is 10.0 Å². The van der Waals surface area contributed by atoms with Gasteiger partial charge in [-0.25, -0.2) is 13.4 Å². The van der Waals surface area contributed by atoms with Gasteiger partial charge in [0.2, 0.25) is 0 Å². The van der Waals surface area contributed by atoms with Crippen LogP contribution in [0.2, 0.25) is 0 Å². The standard InChI is InChI=1S/C13H15N5O2S/c1-8-7-18-6-4-5-11(13(18)14-8)17-21(19,20)12-9(2)15-16-10(12)3/h4-7,17H,1-3H3,(H,15,16). The molecule has 3 aromatic rings. The molecule has 0 saturated heterocycles. The van der Waals surface area contributed by atoms with E-state index in [2.05, 4.69) is 19.9 Å². The van der Waals surface area contributed by atoms with Crippen molar-refractivity contribution in [1.82, 2.24) is 19.6 Å². The van der Waals surface area contributed by atoms with Gasteiger partial charge in [-0.05, 0) is 32.9 Å². The highest BCUT2D eigenvalue weighted by atomic mass is 32.2. The Morgan fingerprint density at radius 2 is 2.05 bits per heavy atom. The Morgan fingerprint density at radius 3 is 2.71 bits per heavy atom. The normalized spacial score (nSPS) is 12.0. The van der Waals surface area contributed by atoms with Crippen molar-refractivity contribution >= 4 is 21.4 Å². The summed E-state index contributed by atoms with van der Waals surface area (Å²) < 4.78 is 29.5. The maximum Gasteiger partial charge on any atom is 0.265 e. The van der Waals surface area contributed by atoms with Crippen LogP contribution in [0, 0.1) is 20.8 Å². The number of hydrogen-bond acceptors (Lipinski definition) is 4. The molecule has 0 aliphatic rings. The Morgan fingerprint density at radius 1 is 1.29 bits per heavy atom. The third-order valence-corrected chi connectivity index (χ3v) is 4.80. The first-order valence-corrected chi connectivity index (χ1v) is 7.85. The Labute approximate surface area is 122 Å². The Kier molecular flexibility index (Phi) is 2.98. The molecule has 0 aromatic carbocycles. The van der Waals surface area contributed by atoms with Gasteiger partial charge in [-0.2, -0.15) is 5.10 Å². The fourth-order valence-corrected chi connectivity index (χ4v) is 3.78. The van der Waals surface area contributed by atoms with Crippen molar-refractivity contribution < 1.29 is 8.42 Å². The van der Waals surface area contributed by atoms with E-state index in [1.54, 1.807) is 30.4 Å². The highest BCUT2D eigenvalue weighted by Crippen LogP contribution is 2.23. The molecule has 110 valence electrons.